The summed E-state index contributed by atoms with van der Waals surface area (Å²) in [5.41, 5.74) is 1.20. The Kier molecular flexibility index (Phi) is 4.70. The molecule has 1 atom stereocenters. The largest absolute Gasteiger partial charge is 0.472 e. The van der Waals surface area contributed by atoms with Gasteiger partial charge in [-0.3, -0.25) is 0 Å². The molecular weight excluding hydrogens is 176 g/mol. The van der Waals surface area contributed by atoms with E-state index in [9.17, 15) is 0 Å². The van der Waals surface area contributed by atoms with Gasteiger partial charge in [-0.1, -0.05) is 13.8 Å². The van der Waals surface area contributed by atoms with Gasteiger partial charge in [0.2, 0.25) is 0 Å². The van der Waals surface area contributed by atoms with Gasteiger partial charge in [0.05, 0.1) is 12.5 Å². The lowest BCUT2D eigenvalue weighted by molar-refractivity contribution is 0.472. The van der Waals surface area contributed by atoms with Gasteiger partial charge in [-0.2, -0.15) is 0 Å². The molecule has 0 aliphatic heterocycles. The highest BCUT2D eigenvalue weighted by Gasteiger charge is 2.02. The molecule has 0 aliphatic rings. The molecule has 1 unspecified atom stereocenters. The van der Waals surface area contributed by atoms with Gasteiger partial charge in [0.15, 0.2) is 0 Å². The number of nitrogens with one attached hydrogen (secondary N) is 2. The summed E-state index contributed by atoms with van der Waals surface area (Å²) in [4.78, 5) is 0. The fourth-order valence-corrected chi connectivity index (χ4v) is 1.17. The molecule has 1 aromatic rings. The van der Waals surface area contributed by atoms with E-state index in [0.29, 0.717) is 12.1 Å². The molecule has 3 heteroatoms. The zero-order chi connectivity index (χ0) is 10.4. The van der Waals surface area contributed by atoms with Gasteiger partial charge in [-0.15, -0.1) is 0 Å². The first-order valence-electron chi connectivity index (χ1n) is 5.16. The summed E-state index contributed by atoms with van der Waals surface area (Å²) in [6.07, 6.45) is 3.48. The van der Waals surface area contributed by atoms with E-state index in [1.807, 2.05) is 6.07 Å². The molecule has 0 fully saturated rings. The Morgan fingerprint density at radius 3 is 2.64 bits per heavy atom. The number of furan rings is 1. The van der Waals surface area contributed by atoms with Crippen LogP contribution < -0.4 is 10.6 Å². The van der Waals surface area contributed by atoms with E-state index in [4.69, 9.17) is 4.42 Å². The highest BCUT2D eigenvalue weighted by atomic mass is 16.3. The molecule has 0 aromatic carbocycles. The van der Waals surface area contributed by atoms with Crippen molar-refractivity contribution < 1.29 is 4.42 Å². The first-order chi connectivity index (χ1) is 6.68. The summed E-state index contributed by atoms with van der Waals surface area (Å²) in [6, 6.07) is 3.01. The Labute approximate surface area is 85.9 Å². The Balaban J connectivity index is 2.12. The minimum absolute atomic E-state index is 0.479. The Bertz CT molecular complexity index is 231. The maximum atomic E-state index is 4.99. The second-order valence-electron chi connectivity index (χ2n) is 3.98. The van der Waals surface area contributed by atoms with Crippen LogP contribution in [-0.4, -0.2) is 18.6 Å². The van der Waals surface area contributed by atoms with E-state index in [2.05, 4.69) is 31.4 Å². The first-order valence-corrected chi connectivity index (χ1v) is 5.16. The molecule has 0 saturated heterocycles. The molecule has 80 valence electrons. The summed E-state index contributed by atoms with van der Waals surface area (Å²) in [5.74, 6) is 0. The van der Waals surface area contributed by atoms with Crippen molar-refractivity contribution in [1.29, 1.82) is 0 Å². The smallest absolute Gasteiger partial charge is 0.0947 e. The average Bonchev–Trinajstić information content (AvgIpc) is 2.63. The SMILES string of the molecule is CC(C)NCC(C)NCc1ccoc1. The average molecular weight is 196 g/mol. The zero-order valence-electron chi connectivity index (χ0n) is 9.21. The number of rotatable bonds is 6. The van der Waals surface area contributed by atoms with E-state index < -0.39 is 0 Å². The third-order valence-corrected chi connectivity index (χ3v) is 2.07. The van der Waals surface area contributed by atoms with Crippen LogP contribution in [0, 0.1) is 0 Å². The van der Waals surface area contributed by atoms with Gasteiger partial charge in [-0.05, 0) is 13.0 Å². The lowest BCUT2D eigenvalue weighted by atomic mass is 10.2. The first kappa shape index (κ1) is 11.3. The topological polar surface area (TPSA) is 37.2 Å². The van der Waals surface area contributed by atoms with Crippen LogP contribution in [0.1, 0.15) is 26.3 Å². The molecule has 0 aliphatic carbocycles. The molecule has 3 nitrogen and oxygen atoms in total. The van der Waals surface area contributed by atoms with Crippen molar-refractivity contribution in [2.75, 3.05) is 6.54 Å². The van der Waals surface area contributed by atoms with E-state index in [1.54, 1.807) is 12.5 Å². The Hall–Kier alpha value is -0.800. The van der Waals surface area contributed by atoms with Crippen LogP contribution in [-0.2, 0) is 6.54 Å². The highest BCUT2D eigenvalue weighted by molar-refractivity contribution is 5.04. The molecule has 1 heterocycles. The van der Waals surface area contributed by atoms with Crippen molar-refractivity contribution in [2.45, 2.75) is 39.4 Å². The predicted molar refractivity (Wildman–Crippen MR) is 58.1 cm³/mol. The highest BCUT2D eigenvalue weighted by Crippen LogP contribution is 1.99. The van der Waals surface area contributed by atoms with E-state index >= 15 is 0 Å². The summed E-state index contributed by atoms with van der Waals surface area (Å²) < 4.78 is 4.99. The van der Waals surface area contributed by atoms with Gasteiger partial charge in [-0.25, -0.2) is 0 Å². The van der Waals surface area contributed by atoms with Crippen LogP contribution in [0.25, 0.3) is 0 Å². The van der Waals surface area contributed by atoms with Crippen molar-refractivity contribution >= 4 is 0 Å². The van der Waals surface area contributed by atoms with Crippen LogP contribution in [0.2, 0.25) is 0 Å². The Morgan fingerprint density at radius 2 is 2.07 bits per heavy atom. The minimum atomic E-state index is 0.479. The van der Waals surface area contributed by atoms with E-state index in [0.717, 1.165) is 13.1 Å². The summed E-state index contributed by atoms with van der Waals surface area (Å²) >= 11 is 0. The normalized spacial score (nSPS) is 13.4. The molecule has 0 radical (unpaired) electrons. The van der Waals surface area contributed by atoms with E-state index in [-0.39, 0.29) is 0 Å². The van der Waals surface area contributed by atoms with Crippen molar-refractivity contribution in [2.24, 2.45) is 0 Å². The lowest BCUT2D eigenvalue weighted by Crippen LogP contribution is -2.38. The molecule has 0 saturated carbocycles. The molecule has 0 amide bonds. The van der Waals surface area contributed by atoms with Gasteiger partial charge < -0.3 is 15.1 Å². The van der Waals surface area contributed by atoms with Crippen molar-refractivity contribution in [3.8, 4) is 0 Å². The quantitative estimate of drug-likeness (QED) is 0.728. The molecule has 0 bridgehead atoms. The number of hydrogen-bond acceptors (Lipinski definition) is 3. The molecule has 0 spiro atoms. The molecule has 1 aromatic heterocycles. The van der Waals surface area contributed by atoms with Crippen molar-refractivity contribution in [1.82, 2.24) is 10.6 Å². The van der Waals surface area contributed by atoms with E-state index in [1.165, 1.54) is 5.56 Å². The third-order valence-electron chi connectivity index (χ3n) is 2.07. The molecule has 1 rings (SSSR count). The Morgan fingerprint density at radius 1 is 1.29 bits per heavy atom. The van der Waals surface area contributed by atoms with Crippen LogP contribution in [0.4, 0.5) is 0 Å². The minimum Gasteiger partial charge on any atom is -0.472 e. The van der Waals surface area contributed by atoms with Crippen LogP contribution in [0.3, 0.4) is 0 Å². The standard InChI is InChI=1S/C11H20N2O/c1-9(2)12-6-10(3)13-7-11-4-5-14-8-11/h4-5,8-10,12-13H,6-7H2,1-3H3. The van der Waals surface area contributed by atoms with Gasteiger partial charge in [0, 0.05) is 30.7 Å². The lowest BCUT2D eigenvalue weighted by Gasteiger charge is -2.15. The van der Waals surface area contributed by atoms with Gasteiger partial charge >= 0.3 is 0 Å². The van der Waals surface area contributed by atoms with Gasteiger partial charge in [0.1, 0.15) is 0 Å². The fraction of sp³-hybridized carbons (Fsp3) is 0.636. The van der Waals surface area contributed by atoms with Crippen LogP contribution in [0.15, 0.2) is 23.0 Å². The predicted octanol–water partition coefficient (Wildman–Crippen LogP) is 1.76. The molecular formula is C11H20N2O. The zero-order valence-corrected chi connectivity index (χ0v) is 9.21. The maximum absolute atomic E-state index is 4.99. The fourth-order valence-electron chi connectivity index (χ4n) is 1.17. The summed E-state index contributed by atoms with van der Waals surface area (Å²) in [7, 11) is 0. The van der Waals surface area contributed by atoms with Gasteiger partial charge in [0.25, 0.3) is 0 Å². The third kappa shape index (κ3) is 4.44. The van der Waals surface area contributed by atoms with Crippen LogP contribution >= 0.6 is 0 Å². The second-order valence-corrected chi connectivity index (χ2v) is 3.98. The molecule has 2 N–H and O–H groups in total. The summed E-state index contributed by atoms with van der Waals surface area (Å²) in [6.45, 7) is 8.36. The van der Waals surface area contributed by atoms with Crippen molar-refractivity contribution in [3.63, 3.8) is 0 Å². The van der Waals surface area contributed by atoms with Crippen molar-refractivity contribution in [3.05, 3.63) is 24.2 Å². The number of hydrogen-bond donors (Lipinski definition) is 2. The second kappa shape index (κ2) is 5.83. The molecule has 14 heavy (non-hydrogen) atoms. The monoisotopic (exact) mass is 196 g/mol. The summed E-state index contributed by atoms with van der Waals surface area (Å²) in [5, 5.41) is 6.81. The maximum Gasteiger partial charge on any atom is 0.0947 e. The van der Waals surface area contributed by atoms with Crippen LogP contribution in [0.5, 0.6) is 0 Å².